The molecule has 0 aromatic heterocycles. The first-order valence-electron chi connectivity index (χ1n) is 3.41. The topological polar surface area (TPSA) is 34.1 Å². The Hall–Kier alpha value is -0.920. The van der Waals surface area contributed by atoms with E-state index in [1.54, 1.807) is 13.0 Å². The summed E-state index contributed by atoms with van der Waals surface area (Å²) >= 11 is 0. The van der Waals surface area contributed by atoms with Gasteiger partial charge in [0.25, 0.3) is 0 Å². The molecule has 0 spiro atoms. The Balaban J connectivity index is 2.59. The van der Waals surface area contributed by atoms with Crippen LogP contribution in [0.2, 0.25) is 0 Å². The molecule has 0 bridgehead atoms. The highest BCUT2D eigenvalue weighted by atomic mass is 16.1. The van der Waals surface area contributed by atoms with Gasteiger partial charge in [-0.3, -0.25) is 4.79 Å². The quantitative estimate of drug-likeness (QED) is 0.533. The lowest BCUT2D eigenvalue weighted by molar-refractivity contribution is -0.122. The highest BCUT2D eigenvalue weighted by molar-refractivity contribution is 5.95. The van der Waals surface area contributed by atoms with Crippen molar-refractivity contribution in [2.75, 3.05) is 0 Å². The maximum absolute atomic E-state index is 10.9. The molecule has 0 N–H and O–H groups in total. The third kappa shape index (κ3) is 1.15. The summed E-state index contributed by atoms with van der Waals surface area (Å²) in [6.45, 7) is 1.78. The summed E-state index contributed by atoms with van der Waals surface area (Å²) in [5, 5.41) is 0. The largest absolute Gasteiger partial charge is 0.303 e. The molecule has 0 amide bonds. The first-order chi connectivity index (χ1) is 4.75. The van der Waals surface area contributed by atoms with Crippen LogP contribution in [0, 0.1) is 11.8 Å². The number of rotatable bonds is 2. The lowest BCUT2D eigenvalue weighted by Gasteiger charge is -2.09. The average Bonchev–Trinajstić information content (AvgIpc) is 2.34. The minimum Gasteiger partial charge on any atom is -0.303 e. The second-order valence-corrected chi connectivity index (χ2v) is 2.64. The number of aldehydes is 1. The third-order valence-corrected chi connectivity index (χ3v) is 1.89. The van der Waals surface area contributed by atoms with Crippen LogP contribution in [-0.2, 0) is 9.59 Å². The molecule has 0 aliphatic heterocycles. The summed E-state index contributed by atoms with van der Waals surface area (Å²) in [7, 11) is 0. The minimum absolute atomic E-state index is 0.0718. The molecule has 0 aromatic carbocycles. The monoisotopic (exact) mass is 138 g/mol. The van der Waals surface area contributed by atoms with E-state index in [9.17, 15) is 9.59 Å². The smallest absolute Gasteiger partial charge is 0.159 e. The molecule has 1 rings (SSSR count). The van der Waals surface area contributed by atoms with E-state index in [0.29, 0.717) is 0 Å². The Kier molecular flexibility index (Phi) is 2.00. The van der Waals surface area contributed by atoms with Crippen molar-refractivity contribution in [1.29, 1.82) is 0 Å². The highest BCUT2D eigenvalue weighted by Gasteiger charge is 2.24. The molecular formula is C8H10O2. The normalized spacial score (nSPS) is 26.9. The summed E-state index contributed by atoms with van der Waals surface area (Å²) in [4.78, 5) is 21.2. The Morgan fingerprint density at radius 2 is 2.50 bits per heavy atom. The summed E-state index contributed by atoms with van der Waals surface area (Å²) in [5.74, 6) is -0.0976. The molecule has 1 aliphatic rings. The van der Waals surface area contributed by atoms with Gasteiger partial charge in [0.05, 0.1) is 0 Å². The Labute approximate surface area is 59.9 Å². The number of ketones is 1. The van der Waals surface area contributed by atoms with Crippen LogP contribution in [0.1, 0.15) is 13.3 Å². The fourth-order valence-corrected chi connectivity index (χ4v) is 1.14. The van der Waals surface area contributed by atoms with E-state index in [4.69, 9.17) is 0 Å². The van der Waals surface area contributed by atoms with E-state index in [1.807, 2.05) is 6.08 Å². The molecule has 2 heteroatoms. The van der Waals surface area contributed by atoms with Crippen LogP contribution in [0.25, 0.3) is 0 Å². The number of hydrogen-bond acceptors (Lipinski definition) is 2. The fourth-order valence-electron chi connectivity index (χ4n) is 1.14. The van der Waals surface area contributed by atoms with E-state index in [1.165, 1.54) is 0 Å². The number of carbonyl (C=O) groups is 2. The average molecular weight is 138 g/mol. The molecule has 0 saturated heterocycles. The highest BCUT2D eigenvalue weighted by Crippen LogP contribution is 2.21. The van der Waals surface area contributed by atoms with E-state index in [-0.39, 0.29) is 17.6 Å². The molecule has 0 heterocycles. The molecule has 1 aliphatic carbocycles. The predicted molar refractivity (Wildman–Crippen MR) is 37.5 cm³/mol. The van der Waals surface area contributed by atoms with Gasteiger partial charge in [-0.25, -0.2) is 0 Å². The molecule has 0 radical (unpaired) electrons. The molecule has 54 valence electrons. The van der Waals surface area contributed by atoms with Crippen LogP contribution in [0.4, 0.5) is 0 Å². The second-order valence-electron chi connectivity index (χ2n) is 2.64. The van der Waals surface area contributed by atoms with Crippen molar-refractivity contribution >= 4 is 12.1 Å². The lowest BCUT2D eigenvalue weighted by atomic mass is 9.92. The standard InChI is InChI=1S/C8H10O2/c1-6(5-9)7-3-2-4-8(7)10/h2,4-7H,3H2,1H3. The van der Waals surface area contributed by atoms with Crippen molar-refractivity contribution in [3.05, 3.63) is 12.2 Å². The van der Waals surface area contributed by atoms with Crippen LogP contribution in [-0.4, -0.2) is 12.1 Å². The summed E-state index contributed by atoms with van der Waals surface area (Å²) in [6.07, 6.45) is 4.96. The number of allylic oxidation sites excluding steroid dienone is 2. The van der Waals surface area contributed by atoms with Crippen molar-refractivity contribution in [3.63, 3.8) is 0 Å². The van der Waals surface area contributed by atoms with Gasteiger partial charge >= 0.3 is 0 Å². The molecule has 2 unspecified atom stereocenters. The molecule has 0 fully saturated rings. The first kappa shape index (κ1) is 7.19. The number of carbonyl (C=O) groups excluding carboxylic acids is 2. The van der Waals surface area contributed by atoms with Crippen molar-refractivity contribution in [2.45, 2.75) is 13.3 Å². The Bertz CT molecular complexity index is 182. The molecule has 2 nitrogen and oxygen atoms in total. The Morgan fingerprint density at radius 3 is 2.90 bits per heavy atom. The molecule has 2 atom stereocenters. The first-order valence-corrected chi connectivity index (χ1v) is 3.41. The summed E-state index contributed by atoms with van der Waals surface area (Å²) in [6, 6.07) is 0. The molecule has 0 aromatic rings. The number of hydrogen-bond donors (Lipinski definition) is 0. The summed E-state index contributed by atoms with van der Waals surface area (Å²) in [5.41, 5.74) is 0. The van der Waals surface area contributed by atoms with Gasteiger partial charge in [-0.05, 0) is 12.5 Å². The van der Waals surface area contributed by atoms with Crippen molar-refractivity contribution in [1.82, 2.24) is 0 Å². The SMILES string of the molecule is CC(C=O)C1CC=CC1=O. The van der Waals surface area contributed by atoms with Gasteiger partial charge in [-0.1, -0.05) is 13.0 Å². The molecule has 0 saturated carbocycles. The second kappa shape index (κ2) is 2.78. The van der Waals surface area contributed by atoms with E-state index < -0.39 is 0 Å². The molecule has 10 heavy (non-hydrogen) atoms. The molecular weight excluding hydrogens is 128 g/mol. The van der Waals surface area contributed by atoms with Gasteiger partial charge in [0.1, 0.15) is 6.29 Å². The maximum atomic E-state index is 10.9. The van der Waals surface area contributed by atoms with Gasteiger partial charge < -0.3 is 4.79 Å². The Morgan fingerprint density at radius 1 is 1.80 bits per heavy atom. The van der Waals surface area contributed by atoms with Gasteiger partial charge in [-0.2, -0.15) is 0 Å². The van der Waals surface area contributed by atoms with E-state index in [2.05, 4.69) is 0 Å². The van der Waals surface area contributed by atoms with Crippen molar-refractivity contribution in [3.8, 4) is 0 Å². The van der Waals surface area contributed by atoms with Crippen LogP contribution < -0.4 is 0 Å². The minimum atomic E-state index is -0.123. The van der Waals surface area contributed by atoms with Gasteiger partial charge in [-0.15, -0.1) is 0 Å². The van der Waals surface area contributed by atoms with E-state index in [0.717, 1.165) is 12.7 Å². The zero-order valence-corrected chi connectivity index (χ0v) is 5.91. The zero-order chi connectivity index (χ0) is 7.56. The lowest BCUT2D eigenvalue weighted by Crippen LogP contribution is -2.17. The van der Waals surface area contributed by atoms with E-state index >= 15 is 0 Å². The van der Waals surface area contributed by atoms with Gasteiger partial charge in [0, 0.05) is 11.8 Å². The van der Waals surface area contributed by atoms with Gasteiger partial charge in [0.2, 0.25) is 0 Å². The van der Waals surface area contributed by atoms with Crippen LogP contribution in [0.3, 0.4) is 0 Å². The maximum Gasteiger partial charge on any atom is 0.159 e. The third-order valence-electron chi connectivity index (χ3n) is 1.89. The summed E-state index contributed by atoms with van der Waals surface area (Å²) < 4.78 is 0. The predicted octanol–water partition coefficient (Wildman–Crippen LogP) is 0.967. The van der Waals surface area contributed by atoms with Gasteiger partial charge in [0.15, 0.2) is 5.78 Å². The van der Waals surface area contributed by atoms with Crippen LogP contribution in [0.5, 0.6) is 0 Å². The fraction of sp³-hybridized carbons (Fsp3) is 0.500. The van der Waals surface area contributed by atoms with Crippen LogP contribution in [0.15, 0.2) is 12.2 Å². The van der Waals surface area contributed by atoms with Crippen molar-refractivity contribution in [2.24, 2.45) is 11.8 Å². The van der Waals surface area contributed by atoms with Crippen LogP contribution >= 0.6 is 0 Å². The van der Waals surface area contributed by atoms with Crippen molar-refractivity contribution < 1.29 is 9.59 Å². The zero-order valence-electron chi connectivity index (χ0n) is 5.91.